The average Bonchev–Trinajstić information content (AvgIpc) is 2.70. The van der Waals surface area contributed by atoms with Gasteiger partial charge in [-0.2, -0.15) is 0 Å². The number of amides is 4. The molecule has 1 aliphatic rings. The molecule has 0 saturated heterocycles. The summed E-state index contributed by atoms with van der Waals surface area (Å²) in [5, 5.41) is 8.24. The first-order valence-electron chi connectivity index (χ1n) is 8.96. The van der Waals surface area contributed by atoms with Gasteiger partial charge in [-0.1, -0.05) is 0 Å². The van der Waals surface area contributed by atoms with E-state index < -0.39 is 6.03 Å². The SMILES string of the molecule is C/C(NC(=O)N/C(C)=C/C(=C\C=C\F)N1Cc2cncc(C)c2NC1=O)=C(/[At])N(N)[At]. The van der Waals surface area contributed by atoms with Crippen LogP contribution in [0.5, 0.6) is 0 Å². The normalized spacial score (nSPS) is 15.3. The van der Waals surface area contributed by atoms with Gasteiger partial charge in [-0.05, 0) is 12.5 Å². The van der Waals surface area contributed by atoms with E-state index in [1.165, 1.54) is 69.7 Å². The van der Waals surface area contributed by atoms with E-state index in [0.717, 1.165) is 20.2 Å². The quantitative estimate of drug-likeness (QED) is 0.201. The number of rotatable bonds is 6. The van der Waals surface area contributed by atoms with Crippen LogP contribution in [-0.4, -0.2) is 24.9 Å². The standard InChI is InChI=1S/C19H22At2FN7O2/c1-11-8-24-9-14-10-28(19(31)27-16(11)14)15(5-4-6-22)7-12(2)25-18(30)26-13(3)17(20)29(21)23/h4-9H,10,23H2,1-3H3,(H,27,31)(H2,25,26,30)/b6-4+,12-7+,15-5+,17-13+. The number of nitrogens with two attached hydrogens (primary N) is 1. The number of halogens is 1. The molecular weight excluding hydrogens is 797 g/mol. The number of pyridine rings is 1. The van der Waals surface area contributed by atoms with E-state index in [4.69, 9.17) is 5.84 Å². The zero-order valence-corrected chi connectivity index (χ0v) is 22.9. The number of anilines is 1. The Morgan fingerprint density at radius 1 is 1.39 bits per heavy atom. The van der Waals surface area contributed by atoms with Gasteiger partial charge in [0.05, 0.1) is 0 Å². The summed E-state index contributed by atoms with van der Waals surface area (Å²) in [6.07, 6.45) is 7.92. The number of aromatic nitrogens is 1. The van der Waals surface area contributed by atoms with E-state index in [2.05, 4.69) is 20.9 Å². The van der Waals surface area contributed by atoms with Gasteiger partial charge in [-0.3, -0.25) is 4.98 Å². The Kier molecular flexibility index (Phi) is 9.53. The molecule has 4 amide bonds. The summed E-state index contributed by atoms with van der Waals surface area (Å²) in [5.74, 6) is 5.70. The molecule has 0 fully saturated rings. The summed E-state index contributed by atoms with van der Waals surface area (Å²) in [5.41, 5.74) is 3.88. The summed E-state index contributed by atoms with van der Waals surface area (Å²) < 4.78 is 14.9. The first-order chi connectivity index (χ1) is 14.6. The fraction of sp³-hybridized carbons (Fsp3) is 0.211. The van der Waals surface area contributed by atoms with Gasteiger partial charge in [0.2, 0.25) is 0 Å². The summed E-state index contributed by atoms with van der Waals surface area (Å²) in [6, 6.07) is -0.819. The summed E-state index contributed by atoms with van der Waals surface area (Å²) in [6.45, 7) is 5.53. The molecular formula is C19H22At2FN7O2. The molecule has 31 heavy (non-hydrogen) atoms. The first-order valence-corrected chi connectivity index (χ1v) is 11.7. The number of hydrazine groups is 1. The third kappa shape index (κ3) is 7.06. The summed E-state index contributed by atoms with van der Waals surface area (Å²) in [4.78, 5) is 30.6. The van der Waals surface area contributed by atoms with E-state index in [1.54, 1.807) is 32.3 Å². The summed E-state index contributed by atoms with van der Waals surface area (Å²) >= 11 is 2.60. The van der Waals surface area contributed by atoms with Crippen LogP contribution in [0.1, 0.15) is 25.0 Å². The topological polar surface area (TPSA) is 116 Å². The molecule has 0 unspecified atom stereocenters. The van der Waals surface area contributed by atoms with Gasteiger partial charge in [0, 0.05) is 6.20 Å². The van der Waals surface area contributed by atoms with E-state index in [9.17, 15) is 14.0 Å². The second-order valence-electron chi connectivity index (χ2n) is 6.55. The monoisotopic (exact) mass is 819 g/mol. The predicted octanol–water partition coefficient (Wildman–Crippen LogP) is 2.69. The Labute approximate surface area is 210 Å². The Morgan fingerprint density at radius 3 is 2.74 bits per heavy atom. The predicted molar refractivity (Wildman–Crippen MR) is 106 cm³/mol. The molecule has 0 spiro atoms. The van der Waals surface area contributed by atoms with Crippen molar-refractivity contribution in [2.24, 2.45) is 5.84 Å². The first kappa shape index (κ1) is 25.4. The van der Waals surface area contributed by atoms with Crippen molar-refractivity contribution in [3.05, 3.63) is 68.6 Å². The molecule has 0 radical (unpaired) electrons. The van der Waals surface area contributed by atoms with Gasteiger partial charge in [-0.15, -0.1) is 0 Å². The number of nitrogens with zero attached hydrogens (tertiary/aromatic N) is 3. The number of allylic oxidation sites excluding steroid dienone is 5. The zero-order valence-electron chi connectivity index (χ0n) is 17.0. The van der Waals surface area contributed by atoms with E-state index >= 15 is 0 Å². The van der Waals surface area contributed by atoms with Crippen LogP contribution in [0.15, 0.2) is 57.4 Å². The van der Waals surface area contributed by atoms with Gasteiger partial charge >= 0.3 is 188 Å². The van der Waals surface area contributed by atoms with Crippen LogP contribution >= 0.6 is 0 Å². The molecule has 0 aromatic carbocycles. The van der Waals surface area contributed by atoms with Crippen LogP contribution in [0.4, 0.5) is 19.7 Å². The second kappa shape index (κ2) is 11.6. The Morgan fingerprint density at radius 2 is 2.10 bits per heavy atom. The molecule has 1 aliphatic heterocycles. The van der Waals surface area contributed by atoms with Crippen molar-refractivity contribution in [2.45, 2.75) is 27.3 Å². The second-order valence-corrected chi connectivity index (χ2v) is 9.36. The molecule has 1 aromatic rings. The molecule has 5 N–H and O–H groups in total. The Bertz CT molecular complexity index is 989. The van der Waals surface area contributed by atoms with Crippen molar-refractivity contribution in [1.29, 1.82) is 0 Å². The fourth-order valence-corrected chi connectivity index (χ4v) is 3.42. The number of carbonyl (C=O) groups excluding carboxylic acids is 2. The van der Waals surface area contributed by atoms with Crippen LogP contribution in [-0.2, 0) is 6.54 Å². The number of fused-ring (bicyclic) bond motifs is 1. The van der Waals surface area contributed by atoms with Crippen LogP contribution in [0.3, 0.4) is 0 Å². The van der Waals surface area contributed by atoms with Gasteiger partial charge < -0.3 is 0 Å². The summed E-state index contributed by atoms with van der Waals surface area (Å²) in [7, 11) is 0. The molecule has 2 rings (SSSR count). The minimum atomic E-state index is -0.456. The molecule has 0 aliphatic carbocycles. The number of nitrogens with one attached hydrogen (secondary N) is 3. The number of urea groups is 2. The van der Waals surface area contributed by atoms with E-state index in [0.29, 0.717) is 23.4 Å². The van der Waals surface area contributed by atoms with Crippen molar-refractivity contribution in [3.63, 3.8) is 0 Å². The molecule has 12 heteroatoms. The molecule has 2 heterocycles. The van der Waals surface area contributed by atoms with Crippen molar-refractivity contribution >= 4 is 17.7 Å². The van der Waals surface area contributed by atoms with E-state index in [-0.39, 0.29) is 12.6 Å². The van der Waals surface area contributed by atoms with Crippen LogP contribution in [0, 0.1) is 56.7 Å². The molecule has 0 bridgehead atoms. The minimum absolute atomic E-state index is 0.255. The van der Waals surface area contributed by atoms with Crippen molar-refractivity contribution in [3.8, 4) is 0 Å². The number of hydrogen-bond donors (Lipinski definition) is 4. The molecule has 166 valence electrons. The molecule has 9 nitrogen and oxygen atoms in total. The Hall–Kier alpha value is -1.89. The maximum atomic E-state index is 12.7. The molecule has 1 aromatic heterocycles. The third-order valence-electron chi connectivity index (χ3n) is 4.14. The number of hydrogen-bond acceptors (Lipinski definition) is 5. The van der Waals surface area contributed by atoms with Crippen LogP contribution in [0.25, 0.3) is 0 Å². The Balaban J connectivity index is 2.23. The average molecular weight is 819 g/mol. The molecule has 0 atom stereocenters. The van der Waals surface area contributed by atoms with Gasteiger partial charge in [0.15, 0.2) is 0 Å². The van der Waals surface area contributed by atoms with E-state index in [1.807, 2.05) is 6.92 Å². The number of aryl methyl sites for hydroxylation is 1. The molecule has 0 saturated carbocycles. The zero-order chi connectivity index (χ0) is 23.1. The van der Waals surface area contributed by atoms with Crippen molar-refractivity contribution < 1.29 is 63.7 Å². The van der Waals surface area contributed by atoms with Crippen molar-refractivity contribution in [2.75, 3.05) is 5.32 Å². The number of carbonyl (C=O) groups is 2. The van der Waals surface area contributed by atoms with Gasteiger partial charge in [0.25, 0.3) is 0 Å². The van der Waals surface area contributed by atoms with Crippen molar-refractivity contribution in [1.82, 2.24) is 23.5 Å². The third-order valence-corrected chi connectivity index (χ3v) is 8.38. The van der Waals surface area contributed by atoms with Crippen LogP contribution < -0.4 is 21.8 Å². The van der Waals surface area contributed by atoms with Gasteiger partial charge in [-0.25, -0.2) is 0 Å². The maximum absolute atomic E-state index is 12.7. The fourth-order valence-electron chi connectivity index (χ4n) is 2.75. The van der Waals surface area contributed by atoms with Gasteiger partial charge in [0.1, 0.15) is 0 Å². The van der Waals surface area contributed by atoms with Crippen LogP contribution in [0.2, 0.25) is 0 Å².